The minimum atomic E-state index is 0.00984. The smallest absolute Gasteiger partial charge is 0.241 e. The predicted molar refractivity (Wildman–Crippen MR) is 88.4 cm³/mol. The van der Waals surface area contributed by atoms with Crippen LogP contribution in [0.3, 0.4) is 0 Å². The van der Waals surface area contributed by atoms with Crippen molar-refractivity contribution in [2.45, 2.75) is 19.6 Å². The van der Waals surface area contributed by atoms with Crippen LogP contribution in [0.5, 0.6) is 0 Å². The number of hydrogen-bond acceptors (Lipinski definition) is 8. The number of hydrogen-bond donors (Lipinski definition) is 0. The molecule has 24 heavy (non-hydrogen) atoms. The molecular formula is C16H17N5O2S. The average molecular weight is 343 g/mol. The number of aromatic nitrogens is 4. The van der Waals surface area contributed by atoms with Crippen molar-refractivity contribution in [1.29, 1.82) is 0 Å². The summed E-state index contributed by atoms with van der Waals surface area (Å²) < 4.78 is 11.2. The summed E-state index contributed by atoms with van der Waals surface area (Å²) in [5.74, 6) is 1.11. The maximum absolute atomic E-state index is 5.85. The van der Waals surface area contributed by atoms with Crippen molar-refractivity contribution in [2.75, 3.05) is 19.7 Å². The lowest BCUT2D eigenvalue weighted by molar-refractivity contribution is -0.0357. The van der Waals surface area contributed by atoms with Crippen molar-refractivity contribution < 1.29 is 9.26 Å². The second kappa shape index (κ2) is 6.76. The molecule has 1 aliphatic heterocycles. The van der Waals surface area contributed by atoms with Gasteiger partial charge in [-0.15, -0.1) is 11.3 Å². The van der Waals surface area contributed by atoms with Crippen molar-refractivity contribution in [3.8, 4) is 11.5 Å². The molecule has 124 valence electrons. The highest BCUT2D eigenvalue weighted by Gasteiger charge is 2.25. The quantitative estimate of drug-likeness (QED) is 0.720. The van der Waals surface area contributed by atoms with Crippen LogP contribution in [0.1, 0.15) is 22.7 Å². The second-order valence-electron chi connectivity index (χ2n) is 5.65. The fourth-order valence-corrected chi connectivity index (χ4v) is 3.46. The van der Waals surface area contributed by atoms with E-state index >= 15 is 0 Å². The lowest BCUT2D eigenvalue weighted by Gasteiger charge is -2.30. The molecule has 0 bridgehead atoms. The molecule has 4 rings (SSSR count). The molecule has 1 saturated heterocycles. The molecule has 0 saturated carbocycles. The lowest BCUT2D eigenvalue weighted by Crippen LogP contribution is -2.37. The summed E-state index contributed by atoms with van der Waals surface area (Å²) in [4.78, 5) is 15.5. The molecule has 1 atom stereocenters. The van der Waals surface area contributed by atoms with Crippen LogP contribution in [0, 0.1) is 6.92 Å². The summed E-state index contributed by atoms with van der Waals surface area (Å²) in [6, 6.07) is 5.63. The van der Waals surface area contributed by atoms with Crippen LogP contribution < -0.4 is 0 Å². The molecule has 0 spiro atoms. The molecule has 7 nitrogen and oxygen atoms in total. The SMILES string of the molecule is Cc1csc([C@H]2CN(Cc3nc(-c4ccccn4)no3)CCO2)n1. The maximum Gasteiger partial charge on any atom is 0.241 e. The number of thiazole rings is 1. The third-order valence-electron chi connectivity index (χ3n) is 3.78. The molecule has 0 unspecified atom stereocenters. The highest BCUT2D eigenvalue weighted by molar-refractivity contribution is 7.09. The Morgan fingerprint density at radius 1 is 1.33 bits per heavy atom. The van der Waals surface area contributed by atoms with Gasteiger partial charge in [-0.3, -0.25) is 9.88 Å². The van der Waals surface area contributed by atoms with Crippen molar-refractivity contribution in [3.63, 3.8) is 0 Å². The summed E-state index contributed by atoms with van der Waals surface area (Å²) in [6.45, 7) is 4.88. The van der Waals surface area contributed by atoms with Gasteiger partial charge in [0, 0.05) is 30.4 Å². The van der Waals surface area contributed by atoms with Crippen LogP contribution in [0.2, 0.25) is 0 Å². The van der Waals surface area contributed by atoms with E-state index in [1.807, 2.05) is 25.1 Å². The van der Waals surface area contributed by atoms with Crippen molar-refractivity contribution in [2.24, 2.45) is 0 Å². The standard InChI is InChI=1S/C16H17N5O2S/c1-11-10-24-16(18-11)13-8-21(6-7-22-13)9-14-19-15(20-23-14)12-4-2-3-5-17-12/h2-5,10,13H,6-9H2,1H3/t13-/m1/s1. The van der Waals surface area contributed by atoms with Crippen LogP contribution in [0.25, 0.3) is 11.5 Å². The molecule has 0 amide bonds. The van der Waals surface area contributed by atoms with Gasteiger partial charge in [0.05, 0.1) is 13.2 Å². The molecule has 1 aliphatic rings. The van der Waals surface area contributed by atoms with Crippen LogP contribution in [-0.4, -0.2) is 44.7 Å². The Morgan fingerprint density at radius 3 is 3.08 bits per heavy atom. The van der Waals surface area contributed by atoms with E-state index in [2.05, 4.69) is 30.4 Å². The van der Waals surface area contributed by atoms with Gasteiger partial charge in [0.15, 0.2) is 0 Å². The molecular weight excluding hydrogens is 326 g/mol. The zero-order valence-corrected chi connectivity index (χ0v) is 14.1. The summed E-state index contributed by atoms with van der Waals surface area (Å²) in [6.07, 6.45) is 1.73. The number of aryl methyl sites for hydroxylation is 1. The fraction of sp³-hybridized carbons (Fsp3) is 0.375. The number of ether oxygens (including phenoxy) is 1. The molecule has 1 fully saturated rings. The Bertz CT molecular complexity index is 804. The monoisotopic (exact) mass is 343 g/mol. The first-order valence-electron chi connectivity index (χ1n) is 7.78. The number of morpholine rings is 1. The van der Waals surface area contributed by atoms with Gasteiger partial charge in [-0.1, -0.05) is 11.2 Å². The maximum atomic E-state index is 5.85. The van der Waals surface area contributed by atoms with Gasteiger partial charge in [-0.25, -0.2) is 4.98 Å². The fourth-order valence-electron chi connectivity index (χ4n) is 2.63. The molecule has 0 aromatic carbocycles. The average Bonchev–Trinajstić information content (AvgIpc) is 3.25. The van der Waals surface area contributed by atoms with E-state index in [4.69, 9.17) is 9.26 Å². The van der Waals surface area contributed by atoms with Crippen LogP contribution in [0.15, 0.2) is 34.3 Å². The molecule has 0 radical (unpaired) electrons. The van der Waals surface area contributed by atoms with E-state index in [0.29, 0.717) is 30.6 Å². The van der Waals surface area contributed by atoms with Crippen LogP contribution in [0.4, 0.5) is 0 Å². The van der Waals surface area contributed by atoms with E-state index < -0.39 is 0 Å². The molecule has 4 heterocycles. The molecule has 3 aromatic heterocycles. The van der Waals surface area contributed by atoms with E-state index in [9.17, 15) is 0 Å². The predicted octanol–water partition coefficient (Wildman–Crippen LogP) is 2.47. The van der Waals surface area contributed by atoms with Crippen LogP contribution >= 0.6 is 11.3 Å². The van der Waals surface area contributed by atoms with E-state index in [1.165, 1.54) is 0 Å². The Kier molecular flexibility index (Phi) is 4.33. The highest BCUT2D eigenvalue weighted by atomic mass is 32.1. The first-order valence-corrected chi connectivity index (χ1v) is 8.66. The number of nitrogens with zero attached hydrogens (tertiary/aromatic N) is 5. The van der Waals surface area contributed by atoms with E-state index in [1.54, 1.807) is 17.5 Å². The van der Waals surface area contributed by atoms with Crippen molar-refractivity contribution >= 4 is 11.3 Å². The Morgan fingerprint density at radius 2 is 2.29 bits per heavy atom. The first kappa shape index (κ1) is 15.4. The van der Waals surface area contributed by atoms with Gasteiger partial charge < -0.3 is 9.26 Å². The van der Waals surface area contributed by atoms with Gasteiger partial charge in [-0.05, 0) is 19.1 Å². The molecule has 0 N–H and O–H groups in total. The zero-order chi connectivity index (χ0) is 16.4. The molecule has 8 heteroatoms. The first-order chi connectivity index (χ1) is 11.8. The van der Waals surface area contributed by atoms with E-state index in [-0.39, 0.29) is 6.10 Å². The largest absolute Gasteiger partial charge is 0.368 e. The summed E-state index contributed by atoms with van der Waals surface area (Å²) >= 11 is 1.64. The normalized spacial score (nSPS) is 18.8. The Labute approximate surface area is 143 Å². The van der Waals surface area contributed by atoms with Crippen molar-refractivity contribution in [3.05, 3.63) is 46.4 Å². The molecule has 0 aliphatic carbocycles. The van der Waals surface area contributed by atoms with Gasteiger partial charge in [0.2, 0.25) is 11.7 Å². The topological polar surface area (TPSA) is 77.2 Å². The Hall–Kier alpha value is -2.16. The minimum absolute atomic E-state index is 0.00984. The van der Waals surface area contributed by atoms with Gasteiger partial charge in [-0.2, -0.15) is 4.98 Å². The van der Waals surface area contributed by atoms with Gasteiger partial charge in [0.1, 0.15) is 16.8 Å². The lowest BCUT2D eigenvalue weighted by atomic mass is 10.3. The number of rotatable bonds is 4. The third kappa shape index (κ3) is 3.35. The number of pyridine rings is 1. The molecule has 3 aromatic rings. The highest BCUT2D eigenvalue weighted by Crippen LogP contribution is 2.26. The van der Waals surface area contributed by atoms with Crippen LogP contribution in [-0.2, 0) is 11.3 Å². The second-order valence-corrected chi connectivity index (χ2v) is 6.54. The van der Waals surface area contributed by atoms with Gasteiger partial charge >= 0.3 is 0 Å². The summed E-state index contributed by atoms with van der Waals surface area (Å²) in [5, 5.41) is 7.09. The summed E-state index contributed by atoms with van der Waals surface area (Å²) in [7, 11) is 0. The van der Waals surface area contributed by atoms with Crippen molar-refractivity contribution in [1.82, 2.24) is 25.0 Å². The Balaban J connectivity index is 1.43. The zero-order valence-electron chi connectivity index (χ0n) is 13.3. The minimum Gasteiger partial charge on any atom is -0.368 e. The van der Waals surface area contributed by atoms with E-state index in [0.717, 1.165) is 23.8 Å². The summed E-state index contributed by atoms with van der Waals surface area (Å²) in [5.41, 5.74) is 1.75. The van der Waals surface area contributed by atoms with Gasteiger partial charge in [0.25, 0.3) is 0 Å². The third-order valence-corrected chi connectivity index (χ3v) is 4.84.